The topological polar surface area (TPSA) is 32.3 Å². The Balaban J connectivity index is 2.16. The highest BCUT2D eigenvalue weighted by Crippen LogP contribution is 2.31. The highest BCUT2D eigenvalue weighted by Gasteiger charge is 2.08. The summed E-state index contributed by atoms with van der Waals surface area (Å²) in [6.07, 6.45) is 0. The first-order chi connectivity index (χ1) is 8.97. The molecule has 0 spiro atoms. The molecule has 100 valence electrons. The molecule has 0 aliphatic carbocycles. The summed E-state index contributed by atoms with van der Waals surface area (Å²) in [6.45, 7) is 2.47. The van der Waals surface area contributed by atoms with Crippen molar-refractivity contribution in [2.75, 3.05) is 5.32 Å². The summed E-state index contributed by atoms with van der Waals surface area (Å²) in [5, 5.41) is 13.8. The third-order valence-electron chi connectivity index (χ3n) is 2.76. The van der Waals surface area contributed by atoms with Crippen molar-refractivity contribution < 1.29 is 5.11 Å². The fourth-order valence-corrected chi connectivity index (χ4v) is 2.57. The molecule has 0 aliphatic rings. The summed E-state index contributed by atoms with van der Waals surface area (Å²) in [6, 6.07) is 9.18. The van der Waals surface area contributed by atoms with Crippen LogP contribution in [-0.4, -0.2) is 5.11 Å². The predicted octanol–water partition coefficient (Wildman–Crippen LogP) is 5.38. The first kappa shape index (κ1) is 14.5. The SMILES string of the molecule is Cc1ccc(NCc2cc(Cl)cc(Cl)c2O)cc1Br. The van der Waals surface area contributed by atoms with Crippen LogP contribution in [0.3, 0.4) is 0 Å². The van der Waals surface area contributed by atoms with Crippen molar-refractivity contribution in [3.05, 3.63) is 56.0 Å². The van der Waals surface area contributed by atoms with Crippen LogP contribution in [0.4, 0.5) is 5.69 Å². The first-order valence-electron chi connectivity index (χ1n) is 5.64. The Labute approximate surface area is 130 Å². The maximum absolute atomic E-state index is 9.86. The Hall–Kier alpha value is -0.900. The summed E-state index contributed by atoms with van der Waals surface area (Å²) in [5.41, 5.74) is 2.78. The molecule has 0 heterocycles. The number of anilines is 1. The Morgan fingerprint density at radius 2 is 1.95 bits per heavy atom. The molecule has 0 bridgehead atoms. The van der Waals surface area contributed by atoms with Gasteiger partial charge in [0, 0.05) is 27.3 Å². The zero-order chi connectivity index (χ0) is 14.0. The number of rotatable bonds is 3. The van der Waals surface area contributed by atoms with Crippen molar-refractivity contribution in [3.63, 3.8) is 0 Å². The molecule has 0 aliphatic heterocycles. The number of aryl methyl sites for hydroxylation is 1. The summed E-state index contributed by atoms with van der Waals surface area (Å²) >= 11 is 15.3. The van der Waals surface area contributed by atoms with Crippen LogP contribution in [-0.2, 0) is 6.54 Å². The van der Waals surface area contributed by atoms with Crippen LogP contribution in [0.5, 0.6) is 5.75 Å². The molecule has 0 fully saturated rings. The molecule has 2 nitrogen and oxygen atoms in total. The van der Waals surface area contributed by atoms with Crippen molar-refractivity contribution >= 4 is 44.8 Å². The van der Waals surface area contributed by atoms with Gasteiger partial charge in [-0.15, -0.1) is 0 Å². The van der Waals surface area contributed by atoms with Crippen molar-refractivity contribution in [2.24, 2.45) is 0 Å². The number of benzene rings is 2. The molecule has 2 N–H and O–H groups in total. The minimum atomic E-state index is 0.0599. The molecule has 2 rings (SSSR count). The predicted molar refractivity (Wildman–Crippen MR) is 84.3 cm³/mol. The molecular weight excluding hydrogens is 349 g/mol. The summed E-state index contributed by atoms with van der Waals surface area (Å²) in [4.78, 5) is 0. The molecule has 19 heavy (non-hydrogen) atoms. The Morgan fingerprint density at radius 3 is 2.63 bits per heavy atom. The highest BCUT2D eigenvalue weighted by molar-refractivity contribution is 9.10. The fourth-order valence-electron chi connectivity index (χ4n) is 1.65. The third-order valence-corrected chi connectivity index (χ3v) is 4.12. The average molecular weight is 361 g/mol. The number of halogens is 3. The second-order valence-corrected chi connectivity index (χ2v) is 5.91. The van der Waals surface area contributed by atoms with Crippen molar-refractivity contribution in [3.8, 4) is 5.75 Å². The van der Waals surface area contributed by atoms with Gasteiger partial charge in [-0.25, -0.2) is 0 Å². The molecular formula is C14H12BrCl2NO. The van der Waals surface area contributed by atoms with Gasteiger partial charge in [-0.3, -0.25) is 0 Å². The molecule has 0 saturated carbocycles. The number of aromatic hydroxyl groups is 1. The van der Waals surface area contributed by atoms with Gasteiger partial charge < -0.3 is 10.4 Å². The lowest BCUT2D eigenvalue weighted by molar-refractivity contribution is 0.469. The van der Waals surface area contributed by atoms with E-state index in [1.165, 1.54) is 11.6 Å². The Morgan fingerprint density at radius 1 is 1.21 bits per heavy atom. The van der Waals surface area contributed by atoms with E-state index in [4.69, 9.17) is 23.2 Å². The molecule has 2 aromatic rings. The summed E-state index contributed by atoms with van der Waals surface area (Å²) in [5.74, 6) is 0.0599. The first-order valence-corrected chi connectivity index (χ1v) is 7.19. The van der Waals surface area contributed by atoms with E-state index in [0.717, 1.165) is 10.2 Å². The van der Waals surface area contributed by atoms with E-state index in [1.807, 2.05) is 25.1 Å². The lowest BCUT2D eigenvalue weighted by atomic mass is 10.2. The molecule has 0 saturated heterocycles. The number of hydrogen-bond acceptors (Lipinski definition) is 2. The number of nitrogens with one attached hydrogen (secondary N) is 1. The van der Waals surface area contributed by atoms with Crippen LogP contribution in [0.25, 0.3) is 0 Å². The van der Waals surface area contributed by atoms with Crippen LogP contribution in [0.1, 0.15) is 11.1 Å². The van der Waals surface area contributed by atoms with Gasteiger partial charge >= 0.3 is 0 Å². The van der Waals surface area contributed by atoms with E-state index in [2.05, 4.69) is 21.2 Å². The second kappa shape index (κ2) is 6.04. The number of phenolic OH excluding ortho intramolecular Hbond substituents is 1. The normalized spacial score (nSPS) is 10.5. The zero-order valence-corrected chi connectivity index (χ0v) is 13.3. The van der Waals surface area contributed by atoms with Gasteiger partial charge in [-0.2, -0.15) is 0 Å². The van der Waals surface area contributed by atoms with Crippen molar-refractivity contribution in [1.82, 2.24) is 0 Å². The minimum Gasteiger partial charge on any atom is -0.506 e. The molecule has 5 heteroatoms. The smallest absolute Gasteiger partial charge is 0.139 e. The lowest BCUT2D eigenvalue weighted by Crippen LogP contribution is -2.00. The van der Waals surface area contributed by atoms with Gasteiger partial charge in [-0.05, 0) is 36.8 Å². The van der Waals surface area contributed by atoms with E-state index >= 15 is 0 Å². The van der Waals surface area contributed by atoms with Gasteiger partial charge in [0.2, 0.25) is 0 Å². The summed E-state index contributed by atoms with van der Waals surface area (Å²) < 4.78 is 1.03. The van der Waals surface area contributed by atoms with Crippen LogP contribution >= 0.6 is 39.1 Å². The van der Waals surface area contributed by atoms with Crippen LogP contribution in [0, 0.1) is 6.92 Å². The monoisotopic (exact) mass is 359 g/mol. The quantitative estimate of drug-likeness (QED) is 0.769. The summed E-state index contributed by atoms with van der Waals surface area (Å²) in [7, 11) is 0. The van der Waals surface area contributed by atoms with E-state index < -0.39 is 0 Å². The average Bonchev–Trinajstić information content (AvgIpc) is 2.36. The minimum absolute atomic E-state index is 0.0599. The Kier molecular flexibility index (Phi) is 4.61. The molecule has 2 aromatic carbocycles. The van der Waals surface area contributed by atoms with Gasteiger partial charge in [-0.1, -0.05) is 45.2 Å². The second-order valence-electron chi connectivity index (χ2n) is 4.21. The van der Waals surface area contributed by atoms with Crippen molar-refractivity contribution in [1.29, 1.82) is 0 Å². The number of phenols is 1. The largest absolute Gasteiger partial charge is 0.506 e. The highest BCUT2D eigenvalue weighted by atomic mass is 79.9. The van der Waals surface area contributed by atoms with Gasteiger partial charge in [0.25, 0.3) is 0 Å². The zero-order valence-electron chi connectivity index (χ0n) is 10.2. The molecule has 0 atom stereocenters. The molecule has 0 unspecified atom stereocenters. The molecule has 0 aromatic heterocycles. The van der Waals surface area contributed by atoms with Crippen LogP contribution in [0.2, 0.25) is 10.0 Å². The standard InChI is InChI=1S/C14H12BrCl2NO/c1-8-2-3-11(6-12(8)15)18-7-9-4-10(16)5-13(17)14(9)19/h2-6,18-19H,7H2,1H3. The molecule has 0 amide bonds. The van der Waals surface area contributed by atoms with Crippen LogP contribution in [0.15, 0.2) is 34.8 Å². The third kappa shape index (κ3) is 3.56. The lowest BCUT2D eigenvalue weighted by Gasteiger charge is -2.11. The maximum atomic E-state index is 9.86. The molecule has 0 radical (unpaired) electrons. The van der Waals surface area contributed by atoms with Gasteiger partial charge in [0.15, 0.2) is 0 Å². The maximum Gasteiger partial charge on any atom is 0.139 e. The van der Waals surface area contributed by atoms with E-state index in [-0.39, 0.29) is 10.8 Å². The number of hydrogen-bond donors (Lipinski definition) is 2. The van der Waals surface area contributed by atoms with Crippen molar-refractivity contribution in [2.45, 2.75) is 13.5 Å². The van der Waals surface area contributed by atoms with Gasteiger partial charge in [0.1, 0.15) is 5.75 Å². The van der Waals surface area contributed by atoms with E-state index in [0.29, 0.717) is 17.1 Å². The van der Waals surface area contributed by atoms with Gasteiger partial charge in [0.05, 0.1) is 5.02 Å². The van der Waals surface area contributed by atoms with E-state index in [1.54, 1.807) is 6.07 Å². The van der Waals surface area contributed by atoms with Crippen LogP contribution < -0.4 is 5.32 Å². The van der Waals surface area contributed by atoms with E-state index in [9.17, 15) is 5.11 Å². The Bertz CT molecular complexity index is 617. The fraction of sp³-hybridized carbons (Fsp3) is 0.143.